The summed E-state index contributed by atoms with van der Waals surface area (Å²) in [6.45, 7) is 4.31. The fraction of sp³-hybridized carbons (Fsp3) is 0.357. The highest BCUT2D eigenvalue weighted by Gasteiger charge is 2.11. The topological polar surface area (TPSA) is 56.5 Å². The number of hydrogen-bond donors (Lipinski definition) is 1. The smallest absolute Gasteiger partial charge is 0.213 e. The monoisotopic (exact) mass is 340 g/mol. The molecular formula is C14H17BrN2O3. The SMILES string of the molecule is COc1cc(OC)c(NCc2nc(C)c(C)o2)cc1Br. The number of nitrogens with zero attached hydrogens (tertiary/aromatic N) is 1. The molecule has 2 rings (SSSR count). The van der Waals surface area contributed by atoms with Crippen LogP contribution < -0.4 is 14.8 Å². The first-order chi connectivity index (χ1) is 9.55. The Kier molecular flexibility index (Phi) is 4.54. The third kappa shape index (κ3) is 3.07. The molecule has 1 heterocycles. The van der Waals surface area contributed by atoms with Gasteiger partial charge in [-0.05, 0) is 35.8 Å². The van der Waals surface area contributed by atoms with Crippen molar-refractivity contribution in [2.75, 3.05) is 19.5 Å². The minimum atomic E-state index is 0.490. The summed E-state index contributed by atoms with van der Waals surface area (Å²) in [5.41, 5.74) is 1.75. The van der Waals surface area contributed by atoms with Crippen LogP contribution in [0.3, 0.4) is 0 Å². The number of halogens is 1. The predicted molar refractivity (Wildman–Crippen MR) is 80.5 cm³/mol. The molecule has 2 aromatic rings. The standard InChI is InChI=1S/C14H17BrN2O3/c1-8-9(2)20-14(17-8)7-16-11-5-10(15)12(18-3)6-13(11)19-4/h5-6,16H,7H2,1-4H3. The number of rotatable bonds is 5. The highest BCUT2D eigenvalue weighted by atomic mass is 79.9. The summed E-state index contributed by atoms with van der Waals surface area (Å²) in [5, 5.41) is 3.25. The number of nitrogens with one attached hydrogen (secondary N) is 1. The molecule has 0 unspecified atom stereocenters. The number of methoxy groups -OCH3 is 2. The molecule has 1 aromatic heterocycles. The molecule has 5 nitrogen and oxygen atoms in total. The molecule has 0 bridgehead atoms. The number of aryl methyl sites for hydroxylation is 2. The molecule has 0 saturated heterocycles. The molecule has 0 aliphatic rings. The van der Waals surface area contributed by atoms with Gasteiger partial charge < -0.3 is 19.2 Å². The van der Waals surface area contributed by atoms with Crippen molar-refractivity contribution in [3.8, 4) is 11.5 Å². The first-order valence-corrected chi connectivity index (χ1v) is 6.92. The van der Waals surface area contributed by atoms with Crippen LogP contribution in [0.15, 0.2) is 21.0 Å². The molecule has 0 radical (unpaired) electrons. The van der Waals surface area contributed by atoms with Crippen molar-refractivity contribution < 1.29 is 13.9 Å². The minimum absolute atomic E-state index is 0.490. The fourth-order valence-corrected chi connectivity index (χ4v) is 2.29. The van der Waals surface area contributed by atoms with Crippen molar-refractivity contribution in [2.45, 2.75) is 20.4 Å². The summed E-state index contributed by atoms with van der Waals surface area (Å²) in [6.07, 6.45) is 0. The second kappa shape index (κ2) is 6.17. The van der Waals surface area contributed by atoms with Gasteiger partial charge in [0.2, 0.25) is 5.89 Å². The zero-order valence-corrected chi connectivity index (χ0v) is 13.5. The normalized spacial score (nSPS) is 10.4. The number of hydrogen-bond acceptors (Lipinski definition) is 5. The second-order valence-electron chi connectivity index (χ2n) is 4.29. The lowest BCUT2D eigenvalue weighted by Crippen LogP contribution is -2.02. The van der Waals surface area contributed by atoms with Crippen molar-refractivity contribution >= 4 is 21.6 Å². The van der Waals surface area contributed by atoms with E-state index in [9.17, 15) is 0 Å². The first-order valence-electron chi connectivity index (χ1n) is 6.13. The van der Waals surface area contributed by atoms with Gasteiger partial charge in [-0.2, -0.15) is 0 Å². The van der Waals surface area contributed by atoms with Gasteiger partial charge in [0.05, 0.1) is 36.6 Å². The quantitative estimate of drug-likeness (QED) is 0.899. The molecule has 0 amide bonds. The molecule has 0 aliphatic carbocycles. The van der Waals surface area contributed by atoms with Crippen LogP contribution in [-0.2, 0) is 6.54 Å². The number of benzene rings is 1. The molecule has 0 spiro atoms. The molecule has 0 saturated carbocycles. The van der Waals surface area contributed by atoms with Gasteiger partial charge >= 0.3 is 0 Å². The van der Waals surface area contributed by atoms with Crippen molar-refractivity contribution in [3.63, 3.8) is 0 Å². The minimum Gasteiger partial charge on any atom is -0.495 e. The Balaban J connectivity index is 2.18. The molecule has 6 heteroatoms. The molecule has 20 heavy (non-hydrogen) atoms. The average molecular weight is 341 g/mol. The number of oxazole rings is 1. The zero-order valence-electron chi connectivity index (χ0n) is 11.9. The second-order valence-corrected chi connectivity index (χ2v) is 5.14. The summed E-state index contributed by atoms with van der Waals surface area (Å²) in [4.78, 5) is 4.33. The maximum absolute atomic E-state index is 5.53. The van der Waals surface area contributed by atoms with Crippen molar-refractivity contribution in [2.24, 2.45) is 0 Å². The van der Waals surface area contributed by atoms with Crippen molar-refractivity contribution in [1.29, 1.82) is 0 Å². The Bertz CT molecular complexity index is 591. The Morgan fingerprint density at radius 2 is 1.90 bits per heavy atom. The molecule has 0 fully saturated rings. The van der Waals surface area contributed by atoms with E-state index in [1.54, 1.807) is 14.2 Å². The van der Waals surface area contributed by atoms with E-state index < -0.39 is 0 Å². The van der Waals surface area contributed by atoms with E-state index in [2.05, 4.69) is 26.2 Å². The van der Waals surface area contributed by atoms with E-state index in [0.717, 1.165) is 27.4 Å². The van der Waals surface area contributed by atoms with E-state index >= 15 is 0 Å². The molecule has 0 aliphatic heterocycles. The molecule has 1 N–H and O–H groups in total. The van der Waals surface area contributed by atoms with Crippen molar-refractivity contribution in [1.82, 2.24) is 4.98 Å². The van der Waals surface area contributed by atoms with E-state index in [1.807, 2.05) is 26.0 Å². The van der Waals surface area contributed by atoms with Crippen LogP contribution in [0.5, 0.6) is 11.5 Å². The molecular weight excluding hydrogens is 324 g/mol. The van der Waals surface area contributed by atoms with Gasteiger partial charge in [0.15, 0.2) is 0 Å². The van der Waals surface area contributed by atoms with E-state index in [1.165, 1.54) is 0 Å². The van der Waals surface area contributed by atoms with Gasteiger partial charge in [0.1, 0.15) is 17.3 Å². The van der Waals surface area contributed by atoms with Crippen LogP contribution in [0.1, 0.15) is 17.3 Å². The van der Waals surface area contributed by atoms with Gasteiger partial charge in [-0.15, -0.1) is 0 Å². The molecule has 1 aromatic carbocycles. The maximum Gasteiger partial charge on any atom is 0.213 e. The summed E-state index contributed by atoms with van der Waals surface area (Å²) < 4.78 is 17.0. The van der Waals surface area contributed by atoms with Gasteiger partial charge in [0, 0.05) is 6.07 Å². The molecule has 0 atom stereocenters. The third-order valence-electron chi connectivity index (χ3n) is 2.98. The van der Waals surface area contributed by atoms with Crippen LogP contribution in [0.25, 0.3) is 0 Å². The average Bonchev–Trinajstić information content (AvgIpc) is 2.75. The van der Waals surface area contributed by atoms with Gasteiger partial charge in [-0.25, -0.2) is 4.98 Å². The molecule has 108 valence electrons. The maximum atomic E-state index is 5.53. The Morgan fingerprint density at radius 3 is 2.45 bits per heavy atom. The Labute approximate surface area is 126 Å². The summed E-state index contributed by atoms with van der Waals surface area (Å²) >= 11 is 3.45. The first kappa shape index (κ1) is 14.7. The number of aromatic nitrogens is 1. The third-order valence-corrected chi connectivity index (χ3v) is 3.60. The van der Waals surface area contributed by atoms with Crippen LogP contribution >= 0.6 is 15.9 Å². The van der Waals surface area contributed by atoms with E-state index in [0.29, 0.717) is 18.2 Å². The lowest BCUT2D eigenvalue weighted by molar-refractivity contribution is 0.393. The van der Waals surface area contributed by atoms with Crippen LogP contribution in [-0.4, -0.2) is 19.2 Å². The zero-order chi connectivity index (χ0) is 14.7. The Hall–Kier alpha value is -1.69. The lowest BCUT2D eigenvalue weighted by Gasteiger charge is -2.13. The summed E-state index contributed by atoms with van der Waals surface area (Å²) in [7, 11) is 3.23. The fourth-order valence-electron chi connectivity index (χ4n) is 1.78. The largest absolute Gasteiger partial charge is 0.495 e. The van der Waals surface area contributed by atoms with Crippen LogP contribution in [0.2, 0.25) is 0 Å². The van der Waals surface area contributed by atoms with Gasteiger partial charge in [-0.1, -0.05) is 0 Å². The van der Waals surface area contributed by atoms with Crippen LogP contribution in [0.4, 0.5) is 5.69 Å². The predicted octanol–water partition coefficient (Wildman–Crippen LogP) is 3.68. The van der Waals surface area contributed by atoms with Gasteiger partial charge in [0.25, 0.3) is 0 Å². The Morgan fingerprint density at radius 1 is 1.20 bits per heavy atom. The highest BCUT2D eigenvalue weighted by molar-refractivity contribution is 9.10. The summed E-state index contributed by atoms with van der Waals surface area (Å²) in [6, 6.07) is 3.72. The highest BCUT2D eigenvalue weighted by Crippen LogP contribution is 2.36. The summed E-state index contributed by atoms with van der Waals surface area (Å²) in [5.74, 6) is 2.90. The lowest BCUT2D eigenvalue weighted by atomic mass is 10.2. The number of ether oxygens (including phenoxy) is 2. The van der Waals surface area contributed by atoms with Crippen molar-refractivity contribution in [3.05, 3.63) is 34.0 Å². The van der Waals surface area contributed by atoms with Gasteiger partial charge in [-0.3, -0.25) is 0 Å². The van der Waals surface area contributed by atoms with E-state index in [-0.39, 0.29) is 0 Å². The van der Waals surface area contributed by atoms with Crippen LogP contribution in [0, 0.1) is 13.8 Å². The number of anilines is 1. The van der Waals surface area contributed by atoms with E-state index in [4.69, 9.17) is 13.9 Å².